The third kappa shape index (κ3) is 3.98. The van der Waals surface area contributed by atoms with Crippen molar-refractivity contribution in [1.29, 1.82) is 0 Å². The highest BCUT2D eigenvalue weighted by molar-refractivity contribution is 5.74. The van der Waals surface area contributed by atoms with Crippen LogP contribution in [0, 0.1) is 5.41 Å². The van der Waals surface area contributed by atoms with Crippen molar-refractivity contribution < 1.29 is 19.4 Å². The van der Waals surface area contributed by atoms with Crippen molar-refractivity contribution in [2.24, 2.45) is 5.41 Å². The van der Waals surface area contributed by atoms with E-state index in [0.29, 0.717) is 19.3 Å². The van der Waals surface area contributed by atoms with Gasteiger partial charge in [0.1, 0.15) is 6.10 Å². The van der Waals surface area contributed by atoms with Crippen LogP contribution in [-0.2, 0) is 14.3 Å². The van der Waals surface area contributed by atoms with Gasteiger partial charge in [0.05, 0.1) is 18.6 Å². The van der Waals surface area contributed by atoms with E-state index in [4.69, 9.17) is 9.47 Å². The minimum Gasteiger partial charge on any atom is -0.457 e. The van der Waals surface area contributed by atoms with Crippen LogP contribution in [-0.4, -0.2) is 36.5 Å². The zero-order chi connectivity index (χ0) is 17.9. The van der Waals surface area contributed by atoms with Crippen LogP contribution in [0.4, 0.5) is 0 Å². The molecule has 1 aliphatic heterocycles. The number of esters is 1. The molecule has 1 aliphatic carbocycles. The highest BCUT2D eigenvalue weighted by atomic mass is 16.6. The summed E-state index contributed by atoms with van der Waals surface area (Å²) in [5.41, 5.74) is 2.95. The second-order valence-electron chi connectivity index (χ2n) is 7.43. The van der Waals surface area contributed by atoms with E-state index in [1.165, 1.54) is 11.1 Å². The van der Waals surface area contributed by atoms with E-state index in [1.54, 1.807) is 7.11 Å². The van der Waals surface area contributed by atoms with Gasteiger partial charge in [-0.15, -0.1) is 0 Å². The minimum atomic E-state index is -0.600. The molecule has 2 rings (SSSR count). The number of carbonyl (C=O) groups is 1. The summed E-state index contributed by atoms with van der Waals surface area (Å²) in [4.78, 5) is 12.0. The Morgan fingerprint density at radius 1 is 1.46 bits per heavy atom. The quantitative estimate of drug-likeness (QED) is 0.615. The second kappa shape index (κ2) is 7.66. The molecule has 0 aromatic carbocycles. The number of aliphatic hydroxyl groups excluding tert-OH is 1. The standard InChI is InChI=1S/C20H30O4/c1-13(2)7-6-8-14(3)9-18-20(12-19(22)24-18)11-16(21)17(23-5)10-15(20)4/h7,9,16-18,21H,4,6,8,10-12H2,1-3,5H3/b14-9+/t16-,17+,18+,20?/m0/s1. The molecule has 2 fully saturated rings. The van der Waals surface area contributed by atoms with Crippen molar-refractivity contribution in [2.45, 2.75) is 71.2 Å². The lowest BCUT2D eigenvalue weighted by molar-refractivity contribution is -0.140. The molecule has 0 aromatic rings. The fraction of sp³-hybridized carbons (Fsp3) is 0.650. The molecule has 2 aliphatic rings. The van der Waals surface area contributed by atoms with Crippen molar-refractivity contribution in [2.75, 3.05) is 7.11 Å². The first kappa shape index (κ1) is 18.9. The first-order valence-electron chi connectivity index (χ1n) is 8.67. The molecule has 24 heavy (non-hydrogen) atoms. The van der Waals surface area contributed by atoms with Gasteiger partial charge in [-0.05, 0) is 52.5 Å². The number of ether oxygens (including phenoxy) is 2. The summed E-state index contributed by atoms with van der Waals surface area (Å²) in [5, 5.41) is 10.4. The van der Waals surface area contributed by atoms with E-state index < -0.39 is 11.5 Å². The molecule has 1 saturated carbocycles. The number of carbonyl (C=O) groups excluding carboxylic acids is 1. The van der Waals surface area contributed by atoms with Crippen LogP contribution in [0.3, 0.4) is 0 Å². The highest BCUT2D eigenvalue weighted by Crippen LogP contribution is 2.51. The molecular weight excluding hydrogens is 304 g/mol. The van der Waals surface area contributed by atoms with Crippen LogP contribution >= 0.6 is 0 Å². The summed E-state index contributed by atoms with van der Waals surface area (Å²) < 4.78 is 10.9. The van der Waals surface area contributed by atoms with Gasteiger partial charge < -0.3 is 14.6 Å². The number of aliphatic hydroxyl groups is 1. The number of methoxy groups -OCH3 is 1. The predicted molar refractivity (Wildman–Crippen MR) is 94.5 cm³/mol. The van der Waals surface area contributed by atoms with Crippen LogP contribution in [0.15, 0.2) is 35.5 Å². The molecule has 4 atom stereocenters. The van der Waals surface area contributed by atoms with Crippen LogP contribution in [0.1, 0.15) is 52.9 Å². The van der Waals surface area contributed by atoms with E-state index in [1.807, 2.05) is 0 Å². The first-order valence-corrected chi connectivity index (χ1v) is 8.67. The van der Waals surface area contributed by atoms with Crippen molar-refractivity contribution in [1.82, 2.24) is 0 Å². The van der Waals surface area contributed by atoms with Crippen LogP contribution in [0.2, 0.25) is 0 Å². The molecule has 0 amide bonds. The smallest absolute Gasteiger partial charge is 0.307 e. The Labute approximate surface area is 145 Å². The zero-order valence-corrected chi connectivity index (χ0v) is 15.3. The average molecular weight is 334 g/mol. The van der Waals surface area contributed by atoms with Crippen molar-refractivity contribution in [3.05, 3.63) is 35.5 Å². The Hall–Kier alpha value is -1.39. The molecule has 4 heteroatoms. The van der Waals surface area contributed by atoms with Gasteiger partial charge >= 0.3 is 5.97 Å². The van der Waals surface area contributed by atoms with Gasteiger partial charge in [0, 0.05) is 12.5 Å². The van der Waals surface area contributed by atoms with Gasteiger partial charge in [0.15, 0.2) is 0 Å². The highest BCUT2D eigenvalue weighted by Gasteiger charge is 2.54. The number of allylic oxidation sites excluding steroid dienone is 3. The molecule has 134 valence electrons. The molecular formula is C20H30O4. The minimum absolute atomic E-state index is 0.211. The Morgan fingerprint density at radius 3 is 2.79 bits per heavy atom. The van der Waals surface area contributed by atoms with Gasteiger partial charge in [-0.3, -0.25) is 4.79 Å². The maximum atomic E-state index is 12.0. The van der Waals surface area contributed by atoms with Crippen LogP contribution in [0.5, 0.6) is 0 Å². The maximum Gasteiger partial charge on any atom is 0.307 e. The SMILES string of the molecule is C=C1C[C@@H](OC)[C@@H](O)CC12CC(=O)O[C@@H]2/C=C(\C)CCC=C(C)C. The second-order valence-corrected chi connectivity index (χ2v) is 7.43. The molecule has 0 aromatic heterocycles. The van der Waals surface area contributed by atoms with Gasteiger partial charge in [-0.1, -0.05) is 29.4 Å². The number of hydrogen-bond donors (Lipinski definition) is 1. The van der Waals surface area contributed by atoms with E-state index >= 15 is 0 Å². The van der Waals surface area contributed by atoms with E-state index in [2.05, 4.69) is 39.5 Å². The largest absolute Gasteiger partial charge is 0.457 e. The number of rotatable bonds is 5. The third-order valence-corrected chi connectivity index (χ3v) is 5.25. The van der Waals surface area contributed by atoms with E-state index in [9.17, 15) is 9.90 Å². The maximum absolute atomic E-state index is 12.0. The van der Waals surface area contributed by atoms with Crippen molar-refractivity contribution in [3.8, 4) is 0 Å². The summed E-state index contributed by atoms with van der Waals surface area (Å²) >= 11 is 0. The van der Waals surface area contributed by atoms with E-state index in [-0.39, 0.29) is 18.2 Å². The molecule has 1 saturated heterocycles. The lowest BCUT2D eigenvalue weighted by Crippen LogP contribution is -2.46. The molecule has 1 unspecified atom stereocenters. The average Bonchev–Trinajstić information content (AvgIpc) is 2.79. The van der Waals surface area contributed by atoms with Crippen LogP contribution < -0.4 is 0 Å². The third-order valence-electron chi connectivity index (χ3n) is 5.25. The Morgan fingerprint density at radius 2 is 2.17 bits per heavy atom. The summed E-state index contributed by atoms with van der Waals surface area (Å²) in [6, 6.07) is 0. The first-order chi connectivity index (χ1) is 11.3. The summed E-state index contributed by atoms with van der Waals surface area (Å²) in [6.07, 6.45) is 6.31. The fourth-order valence-corrected chi connectivity index (χ4v) is 3.76. The topological polar surface area (TPSA) is 55.8 Å². The lowest BCUT2D eigenvalue weighted by atomic mass is 9.64. The van der Waals surface area contributed by atoms with Gasteiger partial charge in [0.25, 0.3) is 0 Å². The van der Waals surface area contributed by atoms with Crippen LogP contribution in [0.25, 0.3) is 0 Å². The lowest BCUT2D eigenvalue weighted by Gasteiger charge is -2.42. The van der Waals surface area contributed by atoms with Crippen molar-refractivity contribution >= 4 is 5.97 Å². The molecule has 0 radical (unpaired) electrons. The van der Waals surface area contributed by atoms with Gasteiger partial charge in [0.2, 0.25) is 0 Å². The molecule has 4 nitrogen and oxygen atoms in total. The fourth-order valence-electron chi connectivity index (χ4n) is 3.76. The predicted octanol–water partition coefficient (Wildman–Crippen LogP) is 3.71. The number of cyclic esters (lactones) is 1. The summed E-state index contributed by atoms with van der Waals surface area (Å²) in [6.45, 7) is 10.4. The van der Waals surface area contributed by atoms with Gasteiger partial charge in [-0.2, -0.15) is 0 Å². The zero-order valence-electron chi connectivity index (χ0n) is 15.3. The summed E-state index contributed by atoms with van der Waals surface area (Å²) in [5.74, 6) is -0.211. The summed E-state index contributed by atoms with van der Waals surface area (Å²) in [7, 11) is 1.60. The molecule has 0 bridgehead atoms. The molecule has 1 heterocycles. The Balaban J connectivity index is 2.18. The van der Waals surface area contributed by atoms with E-state index in [0.717, 1.165) is 18.4 Å². The molecule has 1 N–H and O–H groups in total. The van der Waals surface area contributed by atoms with Crippen molar-refractivity contribution in [3.63, 3.8) is 0 Å². The Kier molecular flexibility index (Phi) is 6.05. The number of hydrogen-bond acceptors (Lipinski definition) is 4. The Bertz CT molecular complexity index is 556. The molecule has 1 spiro atoms. The normalized spacial score (nSPS) is 33.7. The monoisotopic (exact) mass is 334 g/mol. The van der Waals surface area contributed by atoms with Gasteiger partial charge in [-0.25, -0.2) is 0 Å².